The van der Waals surface area contributed by atoms with Gasteiger partial charge in [0.15, 0.2) is 5.82 Å². The van der Waals surface area contributed by atoms with Crippen molar-refractivity contribution in [1.29, 1.82) is 5.26 Å². The molecule has 0 saturated heterocycles. The van der Waals surface area contributed by atoms with Gasteiger partial charge in [-0.05, 0) is 55.0 Å². The molecule has 2 aromatic heterocycles. The molecule has 2 heterocycles. The van der Waals surface area contributed by atoms with E-state index in [0.717, 1.165) is 36.8 Å². The van der Waals surface area contributed by atoms with Crippen LogP contribution in [0.1, 0.15) is 41.6 Å². The minimum Gasteiger partial charge on any atom is -0.326 e. The highest BCUT2D eigenvalue weighted by Gasteiger charge is 2.20. The Hall–Kier alpha value is -3.24. The van der Waals surface area contributed by atoms with Gasteiger partial charge in [0.1, 0.15) is 10.9 Å². The summed E-state index contributed by atoms with van der Waals surface area (Å²) in [5.74, 6) is 0.138. The molecular formula is C21H18N4O2S. The highest BCUT2D eigenvalue weighted by molar-refractivity contribution is 7.18. The van der Waals surface area contributed by atoms with Crippen LogP contribution in [-0.2, 0) is 17.6 Å². The minimum atomic E-state index is -0.179. The van der Waals surface area contributed by atoms with Crippen LogP contribution in [0.15, 0.2) is 29.1 Å². The Morgan fingerprint density at radius 2 is 2.04 bits per heavy atom. The minimum absolute atomic E-state index is 0.144. The number of nitrogens with zero attached hydrogens (tertiary/aromatic N) is 2. The molecule has 0 fully saturated rings. The zero-order valence-electron chi connectivity index (χ0n) is 15.3. The maximum atomic E-state index is 12.7. The Balaban J connectivity index is 1.73. The van der Waals surface area contributed by atoms with Crippen molar-refractivity contribution in [2.45, 2.75) is 32.6 Å². The molecule has 6 nitrogen and oxygen atoms in total. The summed E-state index contributed by atoms with van der Waals surface area (Å²) in [6.07, 6.45) is 5.82. The molecule has 140 valence electrons. The highest BCUT2D eigenvalue weighted by atomic mass is 32.1. The summed E-state index contributed by atoms with van der Waals surface area (Å²) in [6, 6.07) is 9.24. The molecule has 0 unspecified atom stereocenters. The van der Waals surface area contributed by atoms with Crippen molar-refractivity contribution >= 4 is 44.8 Å². The lowest BCUT2D eigenvalue weighted by Gasteiger charge is -2.09. The third kappa shape index (κ3) is 3.47. The molecule has 0 saturated carbocycles. The predicted molar refractivity (Wildman–Crippen MR) is 111 cm³/mol. The van der Waals surface area contributed by atoms with E-state index in [1.54, 1.807) is 41.7 Å². The lowest BCUT2D eigenvalue weighted by Crippen LogP contribution is -2.12. The fraction of sp³-hybridized carbons (Fsp3) is 0.238. The molecule has 2 N–H and O–H groups in total. The number of hydrogen-bond donors (Lipinski definition) is 2. The van der Waals surface area contributed by atoms with E-state index in [1.807, 2.05) is 0 Å². The summed E-state index contributed by atoms with van der Waals surface area (Å²) < 4.78 is 0. The second kappa shape index (κ2) is 7.41. The topological polar surface area (TPSA) is 98.6 Å². The van der Waals surface area contributed by atoms with Crippen molar-refractivity contribution in [1.82, 2.24) is 9.97 Å². The molecule has 0 bridgehead atoms. The van der Waals surface area contributed by atoms with E-state index in [-0.39, 0.29) is 22.9 Å². The van der Waals surface area contributed by atoms with Crippen LogP contribution in [0.25, 0.3) is 21.9 Å². The van der Waals surface area contributed by atoms with Gasteiger partial charge in [0.2, 0.25) is 5.91 Å². The van der Waals surface area contributed by atoms with E-state index in [4.69, 9.17) is 0 Å². The normalized spacial score (nSPS) is 13.8. The Morgan fingerprint density at radius 1 is 1.29 bits per heavy atom. The van der Waals surface area contributed by atoms with E-state index >= 15 is 0 Å². The average Bonchev–Trinajstić information content (AvgIpc) is 3.05. The van der Waals surface area contributed by atoms with Gasteiger partial charge >= 0.3 is 0 Å². The van der Waals surface area contributed by atoms with Gasteiger partial charge in [-0.1, -0.05) is 12.1 Å². The first-order chi connectivity index (χ1) is 13.5. The molecular weight excluding hydrogens is 372 g/mol. The molecule has 0 radical (unpaired) electrons. The summed E-state index contributed by atoms with van der Waals surface area (Å²) in [4.78, 5) is 33.1. The number of anilines is 1. The van der Waals surface area contributed by atoms with E-state index in [2.05, 4.69) is 21.4 Å². The zero-order chi connectivity index (χ0) is 19.7. The van der Waals surface area contributed by atoms with Gasteiger partial charge in [0.25, 0.3) is 5.56 Å². The molecule has 1 aliphatic rings. The number of H-pyrrole nitrogens is 1. The van der Waals surface area contributed by atoms with Crippen molar-refractivity contribution in [3.05, 3.63) is 56.4 Å². The lowest BCUT2D eigenvalue weighted by atomic mass is 9.97. The number of nitrogens with one attached hydrogen (secondary N) is 2. The Bertz CT molecular complexity index is 1200. The van der Waals surface area contributed by atoms with Gasteiger partial charge in [0, 0.05) is 17.5 Å². The monoisotopic (exact) mass is 390 g/mol. The van der Waals surface area contributed by atoms with Gasteiger partial charge in [0.05, 0.1) is 11.0 Å². The van der Waals surface area contributed by atoms with Crippen molar-refractivity contribution < 1.29 is 4.79 Å². The number of thiophene rings is 1. The average molecular weight is 390 g/mol. The number of fused-ring (bicyclic) bond motifs is 3. The number of aromatic nitrogens is 2. The van der Waals surface area contributed by atoms with Crippen LogP contribution in [0.2, 0.25) is 0 Å². The van der Waals surface area contributed by atoms with Gasteiger partial charge in [-0.25, -0.2) is 4.98 Å². The molecule has 0 atom stereocenters. The van der Waals surface area contributed by atoms with Crippen LogP contribution < -0.4 is 10.9 Å². The number of carbonyl (C=O) groups excluding carboxylic acids is 1. The molecule has 0 aliphatic heterocycles. The number of carbonyl (C=O) groups is 1. The third-order valence-electron chi connectivity index (χ3n) is 4.74. The molecule has 1 aliphatic carbocycles. The van der Waals surface area contributed by atoms with E-state index in [9.17, 15) is 14.9 Å². The summed E-state index contributed by atoms with van der Waals surface area (Å²) in [6.45, 7) is 1.45. The number of benzene rings is 1. The Morgan fingerprint density at radius 3 is 2.75 bits per heavy atom. The molecule has 28 heavy (non-hydrogen) atoms. The molecule has 4 rings (SSSR count). The molecule has 3 aromatic rings. The van der Waals surface area contributed by atoms with Crippen LogP contribution in [-0.4, -0.2) is 15.9 Å². The quantitative estimate of drug-likeness (QED) is 0.663. The van der Waals surface area contributed by atoms with Crippen molar-refractivity contribution in [3.8, 4) is 6.07 Å². The van der Waals surface area contributed by atoms with Crippen molar-refractivity contribution in [3.63, 3.8) is 0 Å². The summed E-state index contributed by atoms with van der Waals surface area (Å²) in [7, 11) is 0. The van der Waals surface area contributed by atoms with Gasteiger partial charge in [-0.15, -0.1) is 11.3 Å². The van der Waals surface area contributed by atoms with Crippen LogP contribution >= 0.6 is 11.3 Å². The van der Waals surface area contributed by atoms with Gasteiger partial charge in [-0.3, -0.25) is 9.59 Å². The SMILES string of the molecule is CC(=O)Nc1ccc(C=C(C#N)c2nc3sc4c(c3c(=O)[nH]2)CCCC4)cc1. The first-order valence-corrected chi connectivity index (χ1v) is 9.91. The van der Waals surface area contributed by atoms with Crippen LogP contribution in [0.5, 0.6) is 0 Å². The summed E-state index contributed by atoms with van der Waals surface area (Å²) in [5, 5.41) is 13.0. The highest BCUT2D eigenvalue weighted by Crippen LogP contribution is 2.34. The number of amides is 1. The fourth-order valence-electron chi connectivity index (χ4n) is 3.48. The Labute approximate surface area is 165 Å². The molecule has 0 spiro atoms. The first kappa shape index (κ1) is 18.1. The summed E-state index contributed by atoms with van der Waals surface area (Å²) in [5.41, 5.74) is 2.70. The van der Waals surface area contributed by atoms with E-state index in [0.29, 0.717) is 15.9 Å². The Kier molecular flexibility index (Phi) is 4.80. The lowest BCUT2D eigenvalue weighted by molar-refractivity contribution is -0.114. The van der Waals surface area contributed by atoms with E-state index in [1.165, 1.54) is 11.8 Å². The first-order valence-electron chi connectivity index (χ1n) is 9.09. The maximum Gasteiger partial charge on any atom is 0.260 e. The maximum absolute atomic E-state index is 12.7. The van der Waals surface area contributed by atoms with Gasteiger partial charge in [-0.2, -0.15) is 5.26 Å². The number of allylic oxidation sites excluding steroid dienone is 1. The number of aromatic amines is 1. The van der Waals surface area contributed by atoms with Crippen LogP contribution in [0, 0.1) is 11.3 Å². The number of aryl methyl sites for hydroxylation is 2. The fourth-order valence-corrected chi connectivity index (χ4v) is 4.74. The number of nitriles is 1. The molecule has 1 aromatic carbocycles. The molecule has 7 heteroatoms. The van der Waals surface area contributed by atoms with E-state index < -0.39 is 0 Å². The summed E-state index contributed by atoms with van der Waals surface area (Å²) >= 11 is 1.56. The van der Waals surface area contributed by atoms with Crippen molar-refractivity contribution in [2.24, 2.45) is 0 Å². The standard InChI is InChI=1S/C21H18N4O2S/c1-12(26)23-15-8-6-13(7-9-15)10-14(11-22)19-24-20(27)18-16-4-2-3-5-17(16)28-21(18)25-19/h6-10H,2-5H2,1H3,(H,23,26)(H,24,25,27). The second-order valence-corrected chi connectivity index (χ2v) is 7.86. The number of hydrogen-bond acceptors (Lipinski definition) is 5. The van der Waals surface area contributed by atoms with Crippen LogP contribution in [0.4, 0.5) is 5.69 Å². The second-order valence-electron chi connectivity index (χ2n) is 6.78. The number of rotatable bonds is 3. The van der Waals surface area contributed by atoms with Crippen LogP contribution in [0.3, 0.4) is 0 Å². The van der Waals surface area contributed by atoms with Gasteiger partial charge < -0.3 is 10.3 Å². The molecule has 1 amide bonds. The predicted octanol–water partition coefficient (Wildman–Crippen LogP) is 3.89. The van der Waals surface area contributed by atoms with Crippen molar-refractivity contribution in [2.75, 3.05) is 5.32 Å². The smallest absolute Gasteiger partial charge is 0.260 e. The third-order valence-corrected chi connectivity index (χ3v) is 5.93. The largest absolute Gasteiger partial charge is 0.326 e. The zero-order valence-corrected chi connectivity index (χ0v) is 16.2.